The highest BCUT2D eigenvalue weighted by atomic mass is 35.5. The van der Waals surface area contributed by atoms with Crippen LogP contribution in [0.25, 0.3) is 11.0 Å². The Kier molecular flexibility index (Phi) is 5.29. The maximum absolute atomic E-state index is 13.0. The smallest absolute Gasteiger partial charge is 0.257 e. The fourth-order valence-corrected chi connectivity index (χ4v) is 3.48. The molecule has 30 heavy (non-hydrogen) atoms. The van der Waals surface area contributed by atoms with Crippen LogP contribution in [0.1, 0.15) is 32.0 Å². The molecule has 0 unspecified atom stereocenters. The number of carbonyl (C=O) groups is 2. The zero-order chi connectivity index (χ0) is 21.3. The first kappa shape index (κ1) is 19.7. The molecule has 1 aromatic heterocycles. The van der Waals surface area contributed by atoms with Crippen LogP contribution in [0.15, 0.2) is 71.1 Å². The van der Waals surface area contributed by atoms with E-state index >= 15 is 0 Å². The van der Waals surface area contributed by atoms with Crippen molar-refractivity contribution in [1.82, 2.24) is 0 Å². The SMILES string of the molecule is COc1cccc(C(=O)c2oc3cc(NC(=O)c4ccccc4Cl)ccc3c2C)c1. The van der Waals surface area contributed by atoms with Crippen molar-refractivity contribution >= 4 is 39.9 Å². The highest BCUT2D eigenvalue weighted by Crippen LogP contribution is 2.30. The van der Waals surface area contributed by atoms with Crippen LogP contribution in [0.4, 0.5) is 5.69 Å². The number of carbonyl (C=O) groups excluding carboxylic acids is 2. The number of furan rings is 1. The molecular formula is C24H18ClNO4. The number of fused-ring (bicyclic) bond motifs is 1. The minimum Gasteiger partial charge on any atom is -0.497 e. The van der Waals surface area contributed by atoms with Gasteiger partial charge < -0.3 is 14.5 Å². The second-order valence-electron chi connectivity index (χ2n) is 6.76. The molecule has 6 heteroatoms. The third-order valence-electron chi connectivity index (χ3n) is 4.85. The summed E-state index contributed by atoms with van der Waals surface area (Å²) in [4.78, 5) is 25.5. The molecule has 0 saturated heterocycles. The number of ether oxygens (including phenoxy) is 1. The number of ketones is 1. The Morgan fingerprint density at radius 2 is 1.80 bits per heavy atom. The van der Waals surface area contributed by atoms with Crippen molar-refractivity contribution in [3.05, 3.63) is 94.2 Å². The molecule has 0 aliphatic heterocycles. The normalized spacial score (nSPS) is 10.8. The second-order valence-corrected chi connectivity index (χ2v) is 7.17. The lowest BCUT2D eigenvalue weighted by molar-refractivity contribution is 0.101. The fourth-order valence-electron chi connectivity index (χ4n) is 3.26. The van der Waals surface area contributed by atoms with Gasteiger partial charge in [0.25, 0.3) is 5.91 Å². The van der Waals surface area contributed by atoms with E-state index in [1.165, 1.54) is 0 Å². The van der Waals surface area contributed by atoms with Gasteiger partial charge in [-0.25, -0.2) is 0 Å². The van der Waals surface area contributed by atoms with Crippen molar-refractivity contribution in [2.45, 2.75) is 6.92 Å². The number of anilines is 1. The summed E-state index contributed by atoms with van der Waals surface area (Å²) in [6, 6.07) is 19.0. The van der Waals surface area contributed by atoms with Gasteiger partial charge >= 0.3 is 0 Å². The average Bonchev–Trinajstić information content (AvgIpc) is 3.09. The lowest BCUT2D eigenvalue weighted by atomic mass is 10.0. The van der Waals surface area contributed by atoms with E-state index in [-0.39, 0.29) is 17.5 Å². The summed E-state index contributed by atoms with van der Waals surface area (Å²) in [6.07, 6.45) is 0. The van der Waals surface area contributed by atoms with Crippen molar-refractivity contribution in [3.8, 4) is 5.75 Å². The Bertz CT molecular complexity index is 1280. The summed E-state index contributed by atoms with van der Waals surface area (Å²) in [7, 11) is 1.55. The molecule has 0 bridgehead atoms. The number of hydrogen-bond acceptors (Lipinski definition) is 4. The predicted molar refractivity (Wildman–Crippen MR) is 117 cm³/mol. The van der Waals surface area contributed by atoms with Crippen molar-refractivity contribution < 1.29 is 18.7 Å². The van der Waals surface area contributed by atoms with Crippen LogP contribution in [0, 0.1) is 6.92 Å². The quantitative estimate of drug-likeness (QED) is 0.410. The van der Waals surface area contributed by atoms with Gasteiger partial charge in [0.1, 0.15) is 11.3 Å². The number of rotatable bonds is 5. The van der Waals surface area contributed by atoms with E-state index in [1.807, 2.05) is 13.0 Å². The molecule has 150 valence electrons. The van der Waals surface area contributed by atoms with Crippen LogP contribution >= 0.6 is 11.6 Å². The Morgan fingerprint density at radius 1 is 1.00 bits per heavy atom. The van der Waals surface area contributed by atoms with Gasteiger partial charge in [-0.3, -0.25) is 9.59 Å². The number of amides is 1. The monoisotopic (exact) mass is 419 g/mol. The van der Waals surface area contributed by atoms with Crippen LogP contribution < -0.4 is 10.1 Å². The van der Waals surface area contributed by atoms with E-state index in [0.29, 0.717) is 33.2 Å². The molecule has 1 amide bonds. The van der Waals surface area contributed by atoms with Gasteiger partial charge in [0.2, 0.25) is 5.78 Å². The maximum atomic E-state index is 13.0. The standard InChI is InChI=1S/C24H18ClNO4/c1-14-18-11-10-16(26-24(28)19-8-3-4-9-20(19)25)13-21(18)30-23(14)22(27)15-6-5-7-17(12-15)29-2/h3-13H,1-2H3,(H,26,28). The van der Waals surface area contributed by atoms with E-state index in [1.54, 1.807) is 67.8 Å². The third kappa shape index (κ3) is 3.67. The van der Waals surface area contributed by atoms with Gasteiger partial charge in [-0.15, -0.1) is 0 Å². The van der Waals surface area contributed by atoms with Gasteiger partial charge in [-0.1, -0.05) is 35.9 Å². The lowest BCUT2D eigenvalue weighted by Crippen LogP contribution is -2.12. The molecule has 0 aliphatic rings. The van der Waals surface area contributed by atoms with E-state index in [9.17, 15) is 9.59 Å². The molecule has 1 heterocycles. The molecular weight excluding hydrogens is 402 g/mol. The highest BCUT2D eigenvalue weighted by Gasteiger charge is 2.20. The molecule has 5 nitrogen and oxygen atoms in total. The zero-order valence-electron chi connectivity index (χ0n) is 16.4. The number of methoxy groups -OCH3 is 1. The van der Waals surface area contributed by atoms with Crippen molar-refractivity contribution in [2.24, 2.45) is 0 Å². The highest BCUT2D eigenvalue weighted by molar-refractivity contribution is 6.34. The van der Waals surface area contributed by atoms with Crippen molar-refractivity contribution in [2.75, 3.05) is 12.4 Å². The van der Waals surface area contributed by atoms with Crippen LogP contribution in [-0.2, 0) is 0 Å². The summed E-state index contributed by atoms with van der Waals surface area (Å²) >= 11 is 6.09. The van der Waals surface area contributed by atoms with E-state index in [4.69, 9.17) is 20.8 Å². The van der Waals surface area contributed by atoms with E-state index in [2.05, 4.69) is 5.32 Å². The van der Waals surface area contributed by atoms with Gasteiger partial charge in [0, 0.05) is 28.3 Å². The predicted octanol–water partition coefficient (Wildman–Crippen LogP) is 5.89. The van der Waals surface area contributed by atoms with Crippen LogP contribution in [-0.4, -0.2) is 18.8 Å². The summed E-state index contributed by atoms with van der Waals surface area (Å²) in [5.74, 6) is 0.298. The Morgan fingerprint density at radius 3 is 2.57 bits per heavy atom. The number of benzene rings is 3. The minimum absolute atomic E-state index is 0.232. The largest absolute Gasteiger partial charge is 0.497 e. The van der Waals surface area contributed by atoms with E-state index < -0.39 is 0 Å². The third-order valence-corrected chi connectivity index (χ3v) is 5.18. The zero-order valence-corrected chi connectivity index (χ0v) is 17.1. The molecule has 0 aliphatic carbocycles. The van der Waals surface area contributed by atoms with Gasteiger partial charge in [0.05, 0.1) is 17.7 Å². The van der Waals surface area contributed by atoms with Crippen molar-refractivity contribution in [1.29, 1.82) is 0 Å². The first-order chi connectivity index (χ1) is 14.5. The average molecular weight is 420 g/mol. The molecule has 0 saturated carbocycles. The second kappa shape index (κ2) is 8.05. The summed E-state index contributed by atoms with van der Waals surface area (Å²) in [6.45, 7) is 1.83. The Hall–Kier alpha value is -3.57. The Balaban J connectivity index is 1.65. The number of hydrogen-bond donors (Lipinski definition) is 1. The Labute approximate surface area is 178 Å². The molecule has 0 radical (unpaired) electrons. The van der Waals surface area contributed by atoms with Crippen molar-refractivity contribution in [3.63, 3.8) is 0 Å². The molecule has 0 spiro atoms. The minimum atomic E-state index is -0.323. The van der Waals surface area contributed by atoms with Gasteiger partial charge in [-0.05, 0) is 43.3 Å². The molecule has 3 aromatic carbocycles. The van der Waals surface area contributed by atoms with Crippen LogP contribution in [0.2, 0.25) is 5.02 Å². The summed E-state index contributed by atoms with van der Waals surface area (Å²) < 4.78 is 11.1. The summed E-state index contributed by atoms with van der Waals surface area (Å²) in [5.41, 5.74) is 2.64. The maximum Gasteiger partial charge on any atom is 0.257 e. The number of nitrogens with one attached hydrogen (secondary N) is 1. The molecule has 4 aromatic rings. The number of halogens is 1. The summed E-state index contributed by atoms with van der Waals surface area (Å²) in [5, 5.41) is 3.99. The molecule has 0 fully saturated rings. The topological polar surface area (TPSA) is 68.5 Å². The van der Waals surface area contributed by atoms with E-state index in [0.717, 1.165) is 10.9 Å². The van der Waals surface area contributed by atoms with Gasteiger partial charge in [0.15, 0.2) is 5.76 Å². The number of aryl methyl sites for hydroxylation is 1. The lowest BCUT2D eigenvalue weighted by Gasteiger charge is -2.06. The molecule has 4 rings (SSSR count). The molecule has 1 N–H and O–H groups in total. The van der Waals surface area contributed by atoms with Gasteiger partial charge in [-0.2, -0.15) is 0 Å². The first-order valence-corrected chi connectivity index (χ1v) is 9.63. The molecule has 0 atom stereocenters. The van der Waals surface area contributed by atoms with Crippen LogP contribution in [0.5, 0.6) is 5.75 Å². The fraction of sp³-hybridized carbons (Fsp3) is 0.0833. The first-order valence-electron chi connectivity index (χ1n) is 9.25. The van der Waals surface area contributed by atoms with Crippen LogP contribution in [0.3, 0.4) is 0 Å².